The number of nitrogens with zero attached hydrogens (tertiary/aromatic N) is 1. The first-order valence-electron chi connectivity index (χ1n) is 6.71. The Labute approximate surface area is 126 Å². The van der Waals surface area contributed by atoms with E-state index in [2.05, 4.69) is 4.98 Å². The molecule has 1 heterocycles. The van der Waals surface area contributed by atoms with Crippen LogP contribution in [0.3, 0.4) is 0 Å². The monoisotopic (exact) mass is 306 g/mol. The van der Waals surface area contributed by atoms with E-state index in [1.165, 1.54) is 38.4 Å². The number of alkyl halides is 2. The molecule has 4 nitrogen and oxygen atoms in total. The van der Waals surface area contributed by atoms with E-state index in [0.717, 1.165) is 0 Å². The minimum Gasteiger partial charge on any atom is -0.465 e. The topological polar surface area (TPSA) is 65.2 Å². The van der Waals surface area contributed by atoms with E-state index in [9.17, 15) is 13.6 Å². The van der Waals surface area contributed by atoms with Crippen LogP contribution in [0.2, 0.25) is 0 Å². The van der Waals surface area contributed by atoms with Gasteiger partial charge in [-0.05, 0) is 23.8 Å². The van der Waals surface area contributed by atoms with Crippen molar-refractivity contribution < 1.29 is 18.3 Å². The van der Waals surface area contributed by atoms with E-state index in [4.69, 9.17) is 10.5 Å². The molecule has 0 aliphatic carbocycles. The Morgan fingerprint density at radius 1 is 1.32 bits per heavy atom. The van der Waals surface area contributed by atoms with Crippen molar-refractivity contribution in [3.05, 3.63) is 47.8 Å². The van der Waals surface area contributed by atoms with Crippen LogP contribution in [-0.4, -0.2) is 18.1 Å². The van der Waals surface area contributed by atoms with Crippen molar-refractivity contribution in [1.82, 2.24) is 4.98 Å². The van der Waals surface area contributed by atoms with E-state index in [-0.39, 0.29) is 17.7 Å². The summed E-state index contributed by atoms with van der Waals surface area (Å²) in [6, 6.07) is 7.50. The number of carbonyl (C=O) groups excluding carboxylic acids is 1. The van der Waals surface area contributed by atoms with Crippen LogP contribution in [0.5, 0.6) is 0 Å². The van der Waals surface area contributed by atoms with E-state index < -0.39 is 11.9 Å². The standard InChI is InChI=1S/C16H16F2N2O2/c1-3-16(17,18)14-7-4-10(9-20-14)12-6-5-11(19)8-13(12)15(21)22-2/h4-9H,3,19H2,1-2H3. The molecule has 0 spiro atoms. The van der Waals surface area contributed by atoms with Crippen LogP contribution in [0.4, 0.5) is 14.5 Å². The molecule has 2 aromatic rings. The molecule has 1 aromatic heterocycles. The van der Waals surface area contributed by atoms with Gasteiger partial charge in [0.1, 0.15) is 5.69 Å². The zero-order valence-corrected chi connectivity index (χ0v) is 12.3. The lowest BCUT2D eigenvalue weighted by Crippen LogP contribution is -2.13. The summed E-state index contributed by atoms with van der Waals surface area (Å²) in [4.78, 5) is 15.6. The fraction of sp³-hybridized carbons (Fsp3) is 0.250. The Bertz CT molecular complexity index is 685. The summed E-state index contributed by atoms with van der Waals surface area (Å²) < 4.78 is 31.9. The Kier molecular flexibility index (Phi) is 4.40. The minimum atomic E-state index is -2.97. The first-order valence-corrected chi connectivity index (χ1v) is 6.71. The molecule has 2 rings (SSSR count). The summed E-state index contributed by atoms with van der Waals surface area (Å²) in [5, 5.41) is 0. The molecule has 0 atom stereocenters. The fourth-order valence-corrected chi connectivity index (χ4v) is 2.04. The van der Waals surface area contributed by atoms with Gasteiger partial charge in [0, 0.05) is 23.9 Å². The fourth-order valence-electron chi connectivity index (χ4n) is 2.04. The molecule has 0 fully saturated rings. The third-order valence-corrected chi connectivity index (χ3v) is 3.34. The second-order valence-corrected chi connectivity index (χ2v) is 4.79. The average Bonchev–Trinajstić information content (AvgIpc) is 2.54. The van der Waals surface area contributed by atoms with Crippen LogP contribution in [0.25, 0.3) is 11.1 Å². The van der Waals surface area contributed by atoms with Crippen molar-refractivity contribution >= 4 is 11.7 Å². The highest BCUT2D eigenvalue weighted by Gasteiger charge is 2.30. The van der Waals surface area contributed by atoms with E-state index >= 15 is 0 Å². The number of benzene rings is 1. The summed E-state index contributed by atoms with van der Waals surface area (Å²) in [7, 11) is 1.26. The molecule has 0 saturated carbocycles. The summed E-state index contributed by atoms with van der Waals surface area (Å²) >= 11 is 0. The van der Waals surface area contributed by atoms with Gasteiger partial charge in [0.25, 0.3) is 5.92 Å². The highest BCUT2D eigenvalue weighted by atomic mass is 19.3. The van der Waals surface area contributed by atoms with Crippen molar-refractivity contribution in [2.45, 2.75) is 19.3 Å². The minimum absolute atomic E-state index is 0.263. The number of nitrogen functional groups attached to an aromatic ring is 1. The van der Waals surface area contributed by atoms with Gasteiger partial charge < -0.3 is 10.5 Å². The lowest BCUT2D eigenvalue weighted by Gasteiger charge is -2.14. The lowest BCUT2D eigenvalue weighted by atomic mass is 9.99. The summed E-state index contributed by atoms with van der Waals surface area (Å²) in [5.74, 6) is -3.52. The van der Waals surface area contributed by atoms with Crippen LogP contribution in [0.1, 0.15) is 29.4 Å². The number of anilines is 1. The predicted octanol–water partition coefficient (Wildman–Crippen LogP) is 3.62. The Hall–Kier alpha value is -2.50. The number of carbonyl (C=O) groups is 1. The molecule has 0 aliphatic rings. The number of methoxy groups -OCH3 is 1. The maximum Gasteiger partial charge on any atom is 0.338 e. The number of aromatic nitrogens is 1. The largest absolute Gasteiger partial charge is 0.465 e. The van der Waals surface area contributed by atoms with Crippen molar-refractivity contribution in [2.75, 3.05) is 12.8 Å². The Morgan fingerprint density at radius 3 is 2.59 bits per heavy atom. The lowest BCUT2D eigenvalue weighted by molar-refractivity contribution is -0.0127. The number of nitrogens with two attached hydrogens (primary N) is 1. The zero-order chi connectivity index (χ0) is 16.3. The van der Waals surface area contributed by atoms with Crippen molar-refractivity contribution in [1.29, 1.82) is 0 Å². The van der Waals surface area contributed by atoms with Crippen molar-refractivity contribution in [2.24, 2.45) is 0 Å². The number of rotatable bonds is 4. The molecule has 22 heavy (non-hydrogen) atoms. The number of ether oxygens (including phenoxy) is 1. The quantitative estimate of drug-likeness (QED) is 0.692. The molecule has 0 bridgehead atoms. The van der Waals surface area contributed by atoms with Gasteiger partial charge in [0.15, 0.2) is 0 Å². The van der Waals surface area contributed by atoms with Crippen LogP contribution in [0, 0.1) is 0 Å². The highest BCUT2D eigenvalue weighted by molar-refractivity contribution is 5.98. The van der Waals surface area contributed by atoms with Crippen molar-refractivity contribution in [3.8, 4) is 11.1 Å². The Balaban J connectivity index is 2.47. The van der Waals surface area contributed by atoms with Crippen LogP contribution >= 0.6 is 0 Å². The molecule has 0 saturated heterocycles. The van der Waals surface area contributed by atoms with Gasteiger partial charge >= 0.3 is 5.97 Å². The molecular formula is C16H16F2N2O2. The molecule has 0 radical (unpaired) electrons. The van der Waals surface area contributed by atoms with Gasteiger partial charge in [-0.1, -0.05) is 19.1 Å². The summed E-state index contributed by atoms with van der Waals surface area (Å²) in [5.41, 5.74) is 7.11. The van der Waals surface area contributed by atoms with Crippen LogP contribution in [0.15, 0.2) is 36.5 Å². The summed E-state index contributed by atoms with van der Waals surface area (Å²) in [6.45, 7) is 1.39. The van der Waals surface area contributed by atoms with Gasteiger partial charge in [-0.15, -0.1) is 0 Å². The number of pyridine rings is 1. The summed E-state index contributed by atoms with van der Waals surface area (Å²) in [6.07, 6.45) is 0.992. The van der Waals surface area contributed by atoms with Crippen molar-refractivity contribution in [3.63, 3.8) is 0 Å². The molecule has 1 aromatic carbocycles. The smallest absolute Gasteiger partial charge is 0.338 e. The van der Waals surface area contributed by atoms with Crippen LogP contribution < -0.4 is 5.73 Å². The molecule has 6 heteroatoms. The number of hydrogen-bond acceptors (Lipinski definition) is 4. The molecule has 116 valence electrons. The molecule has 0 amide bonds. The third-order valence-electron chi connectivity index (χ3n) is 3.34. The Morgan fingerprint density at radius 2 is 2.05 bits per heavy atom. The van der Waals surface area contributed by atoms with Gasteiger partial charge in [-0.2, -0.15) is 8.78 Å². The number of hydrogen-bond donors (Lipinski definition) is 1. The van der Waals surface area contributed by atoms with E-state index in [0.29, 0.717) is 16.8 Å². The normalized spacial score (nSPS) is 11.3. The predicted molar refractivity (Wildman–Crippen MR) is 79.6 cm³/mol. The number of halogens is 2. The van der Waals surface area contributed by atoms with E-state index in [1.54, 1.807) is 12.1 Å². The maximum atomic E-state index is 13.6. The second kappa shape index (κ2) is 6.09. The second-order valence-electron chi connectivity index (χ2n) is 4.79. The van der Waals surface area contributed by atoms with Crippen LogP contribution in [-0.2, 0) is 10.7 Å². The average molecular weight is 306 g/mol. The first kappa shape index (κ1) is 15.9. The van der Waals surface area contributed by atoms with Gasteiger partial charge in [-0.3, -0.25) is 4.98 Å². The van der Waals surface area contributed by atoms with Gasteiger partial charge in [0.2, 0.25) is 0 Å². The molecule has 2 N–H and O–H groups in total. The van der Waals surface area contributed by atoms with Gasteiger partial charge in [0.05, 0.1) is 12.7 Å². The van der Waals surface area contributed by atoms with Gasteiger partial charge in [-0.25, -0.2) is 4.79 Å². The molecule has 0 aliphatic heterocycles. The molecular weight excluding hydrogens is 290 g/mol. The zero-order valence-electron chi connectivity index (χ0n) is 12.3. The highest BCUT2D eigenvalue weighted by Crippen LogP contribution is 2.32. The van der Waals surface area contributed by atoms with E-state index in [1.807, 2.05) is 0 Å². The number of esters is 1. The maximum absolute atomic E-state index is 13.6. The SMILES string of the molecule is CCC(F)(F)c1ccc(-c2ccc(N)cc2C(=O)OC)cn1. The molecule has 0 unspecified atom stereocenters. The first-order chi connectivity index (χ1) is 10.4. The third kappa shape index (κ3) is 3.05.